The number of benzene rings is 1. The molecule has 1 amide bonds. The molecule has 0 saturated heterocycles. The monoisotopic (exact) mass is 289 g/mol. The summed E-state index contributed by atoms with van der Waals surface area (Å²) in [6.45, 7) is 2.55. The molecule has 2 rings (SSSR count). The molecule has 1 aromatic rings. The second kappa shape index (κ2) is 6.23. The molecule has 1 aromatic carbocycles. The van der Waals surface area contributed by atoms with Crippen molar-refractivity contribution in [3.8, 4) is 6.07 Å². The van der Waals surface area contributed by atoms with Gasteiger partial charge in [0.15, 0.2) is 0 Å². The minimum Gasteiger partial charge on any atom is -0.337 e. The van der Waals surface area contributed by atoms with Gasteiger partial charge in [-0.25, -0.2) is 4.39 Å². The first-order chi connectivity index (χ1) is 9.93. The lowest BCUT2D eigenvalue weighted by molar-refractivity contribution is -0.123. The van der Waals surface area contributed by atoms with Crippen LogP contribution in [-0.2, 0) is 11.3 Å². The van der Waals surface area contributed by atoms with Crippen LogP contribution in [0.25, 0.3) is 0 Å². The van der Waals surface area contributed by atoms with Crippen LogP contribution in [0.1, 0.15) is 25.3 Å². The molecule has 0 aromatic heterocycles. The van der Waals surface area contributed by atoms with E-state index in [-0.39, 0.29) is 24.2 Å². The van der Waals surface area contributed by atoms with E-state index in [1.807, 2.05) is 11.9 Å². The number of carbonyl (C=O) groups is 1. The van der Waals surface area contributed by atoms with Gasteiger partial charge in [-0.1, -0.05) is 12.1 Å². The third-order valence-electron chi connectivity index (χ3n) is 3.80. The molecule has 0 spiro atoms. The number of rotatable bonds is 6. The highest BCUT2D eigenvalue weighted by molar-refractivity contribution is 5.79. The summed E-state index contributed by atoms with van der Waals surface area (Å²) in [7, 11) is 1.82. The van der Waals surface area contributed by atoms with Crippen molar-refractivity contribution in [3.63, 3.8) is 0 Å². The average Bonchev–Trinajstić information content (AvgIpc) is 3.25. The summed E-state index contributed by atoms with van der Waals surface area (Å²) in [5.74, 6) is -0.155. The molecule has 0 heterocycles. The summed E-state index contributed by atoms with van der Waals surface area (Å²) < 4.78 is 12.8. The molecule has 0 radical (unpaired) electrons. The SMILES string of the molecule is CN(CC(=O)N[C@](C)(C#N)C1CC1)Cc1ccc(F)cc1. The van der Waals surface area contributed by atoms with Gasteiger partial charge in [-0.15, -0.1) is 0 Å². The number of hydrogen-bond donors (Lipinski definition) is 1. The molecule has 21 heavy (non-hydrogen) atoms. The van der Waals surface area contributed by atoms with E-state index >= 15 is 0 Å². The van der Waals surface area contributed by atoms with Gasteiger partial charge in [-0.2, -0.15) is 5.26 Å². The van der Waals surface area contributed by atoms with Gasteiger partial charge in [0, 0.05) is 6.54 Å². The number of halogens is 1. The number of likely N-dealkylation sites (N-methyl/N-ethyl adjacent to an activating group) is 1. The molecular formula is C16H20FN3O. The van der Waals surface area contributed by atoms with Crippen molar-refractivity contribution in [2.75, 3.05) is 13.6 Å². The highest BCUT2D eigenvalue weighted by Crippen LogP contribution is 2.39. The lowest BCUT2D eigenvalue weighted by Gasteiger charge is -2.24. The molecule has 1 atom stereocenters. The Morgan fingerprint density at radius 2 is 2.10 bits per heavy atom. The fourth-order valence-corrected chi connectivity index (χ4v) is 2.41. The molecule has 112 valence electrons. The lowest BCUT2D eigenvalue weighted by Crippen LogP contribution is -2.49. The number of nitriles is 1. The van der Waals surface area contributed by atoms with Gasteiger partial charge in [0.2, 0.25) is 5.91 Å². The highest BCUT2D eigenvalue weighted by Gasteiger charge is 2.42. The summed E-state index contributed by atoms with van der Waals surface area (Å²) >= 11 is 0. The second-order valence-electron chi connectivity index (χ2n) is 5.94. The van der Waals surface area contributed by atoms with Crippen LogP contribution in [0.15, 0.2) is 24.3 Å². The molecule has 4 nitrogen and oxygen atoms in total. The minimum atomic E-state index is -0.756. The van der Waals surface area contributed by atoms with Crippen LogP contribution in [0.5, 0.6) is 0 Å². The maximum absolute atomic E-state index is 12.8. The average molecular weight is 289 g/mol. The molecule has 1 aliphatic carbocycles. The van der Waals surface area contributed by atoms with Gasteiger partial charge in [0.25, 0.3) is 0 Å². The minimum absolute atomic E-state index is 0.157. The van der Waals surface area contributed by atoms with E-state index in [2.05, 4.69) is 11.4 Å². The Morgan fingerprint density at radius 1 is 1.48 bits per heavy atom. The molecule has 1 saturated carbocycles. The Bertz CT molecular complexity index is 548. The van der Waals surface area contributed by atoms with Crippen LogP contribution in [-0.4, -0.2) is 29.9 Å². The third kappa shape index (κ3) is 4.27. The van der Waals surface area contributed by atoms with Crippen molar-refractivity contribution in [2.45, 2.75) is 31.8 Å². The van der Waals surface area contributed by atoms with Gasteiger partial charge in [0.05, 0.1) is 12.6 Å². The largest absolute Gasteiger partial charge is 0.337 e. The highest BCUT2D eigenvalue weighted by atomic mass is 19.1. The molecule has 0 aliphatic heterocycles. The predicted octanol–water partition coefficient (Wildman–Crippen LogP) is 2.07. The normalized spacial score (nSPS) is 17.1. The molecule has 5 heteroatoms. The van der Waals surface area contributed by atoms with Gasteiger partial charge in [-0.3, -0.25) is 9.69 Å². The first-order valence-electron chi connectivity index (χ1n) is 7.08. The van der Waals surface area contributed by atoms with E-state index < -0.39 is 5.54 Å². The van der Waals surface area contributed by atoms with E-state index in [0.29, 0.717) is 6.54 Å². The number of carbonyl (C=O) groups excluding carboxylic acids is 1. The predicted molar refractivity (Wildman–Crippen MR) is 77.6 cm³/mol. The van der Waals surface area contributed by atoms with Crippen molar-refractivity contribution in [2.24, 2.45) is 5.92 Å². The number of nitrogens with zero attached hydrogens (tertiary/aromatic N) is 2. The zero-order chi connectivity index (χ0) is 15.5. The molecule has 1 fully saturated rings. The number of nitrogens with one attached hydrogen (secondary N) is 1. The first kappa shape index (κ1) is 15.5. The first-order valence-corrected chi connectivity index (χ1v) is 7.08. The van der Waals surface area contributed by atoms with Crippen molar-refractivity contribution in [3.05, 3.63) is 35.6 Å². The van der Waals surface area contributed by atoms with Gasteiger partial charge < -0.3 is 5.32 Å². The van der Waals surface area contributed by atoms with Crippen LogP contribution < -0.4 is 5.32 Å². The number of hydrogen-bond acceptors (Lipinski definition) is 3. The topological polar surface area (TPSA) is 56.1 Å². The van der Waals surface area contributed by atoms with Crippen molar-refractivity contribution in [1.82, 2.24) is 10.2 Å². The van der Waals surface area contributed by atoms with E-state index in [4.69, 9.17) is 0 Å². The van der Waals surface area contributed by atoms with E-state index in [9.17, 15) is 14.4 Å². The Kier molecular flexibility index (Phi) is 4.59. The summed E-state index contributed by atoms with van der Waals surface area (Å²) in [6, 6.07) is 8.42. The molecular weight excluding hydrogens is 269 g/mol. The third-order valence-corrected chi connectivity index (χ3v) is 3.80. The summed E-state index contributed by atoms with van der Waals surface area (Å²) in [5, 5.41) is 12.1. The molecule has 0 unspecified atom stereocenters. The maximum atomic E-state index is 12.8. The molecule has 1 N–H and O–H groups in total. The molecule has 0 bridgehead atoms. The van der Waals surface area contributed by atoms with Crippen molar-refractivity contribution >= 4 is 5.91 Å². The van der Waals surface area contributed by atoms with Crippen molar-refractivity contribution in [1.29, 1.82) is 5.26 Å². The smallest absolute Gasteiger partial charge is 0.235 e. The fourth-order valence-electron chi connectivity index (χ4n) is 2.41. The van der Waals surface area contributed by atoms with E-state index in [0.717, 1.165) is 18.4 Å². The zero-order valence-corrected chi connectivity index (χ0v) is 12.4. The quantitative estimate of drug-likeness (QED) is 0.872. The van der Waals surface area contributed by atoms with Crippen LogP contribution in [0.4, 0.5) is 4.39 Å². The number of amides is 1. The zero-order valence-electron chi connectivity index (χ0n) is 12.4. The van der Waals surface area contributed by atoms with Gasteiger partial charge in [-0.05, 0) is 50.4 Å². The van der Waals surface area contributed by atoms with Crippen LogP contribution in [0, 0.1) is 23.1 Å². The summed E-state index contributed by atoms with van der Waals surface area (Å²) in [6.07, 6.45) is 1.99. The van der Waals surface area contributed by atoms with Crippen LogP contribution >= 0.6 is 0 Å². The van der Waals surface area contributed by atoms with Gasteiger partial charge in [0.1, 0.15) is 11.4 Å². The lowest BCUT2D eigenvalue weighted by atomic mass is 9.98. The van der Waals surface area contributed by atoms with E-state index in [1.165, 1.54) is 12.1 Å². The second-order valence-corrected chi connectivity index (χ2v) is 5.94. The summed E-state index contributed by atoms with van der Waals surface area (Å²) in [4.78, 5) is 13.9. The Labute approximate surface area is 124 Å². The Morgan fingerprint density at radius 3 is 2.62 bits per heavy atom. The Balaban J connectivity index is 1.84. The van der Waals surface area contributed by atoms with Crippen LogP contribution in [0.3, 0.4) is 0 Å². The van der Waals surface area contributed by atoms with E-state index in [1.54, 1.807) is 19.1 Å². The fraction of sp³-hybridized carbons (Fsp3) is 0.500. The Hall–Kier alpha value is -1.93. The summed E-state index contributed by atoms with van der Waals surface area (Å²) in [5.41, 5.74) is 0.185. The maximum Gasteiger partial charge on any atom is 0.235 e. The standard InChI is InChI=1S/C16H20FN3O/c1-16(11-18,13-5-6-13)19-15(21)10-20(2)9-12-3-7-14(17)8-4-12/h3-4,7-8,13H,5-6,9-10H2,1-2H3,(H,19,21)/t16-/m1/s1. The van der Waals surface area contributed by atoms with Crippen molar-refractivity contribution < 1.29 is 9.18 Å². The van der Waals surface area contributed by atoms with Crippen LogP contribution in [0.2, 0.25) is 0 Å². The van der Waals surface area contributed by atoms with Gasteiger partial charge >= 0.3 is 0 Å². The molecule has 1 aliphatic rings.